The lowest BCUT2D eigenvalue weighted by atomic mass is 9.92. The minimum atomic E-state index is -2.39. The third kappa shape index (κ3) is 3.00. The van der Waals surface area contributed by atoms with Crippen LogP contribution in [0.15, 0.2) is 18.5 Å². The molecule has 2 aromatic heterocycles. The summed E-state index contributed by atoms with van der Waals surface area (Å²) in [6.45, 7) is 9.83. The number of fused-ring (bicyclic) bond motifs is 1. The highest BCUT2D eigenvalue weighted by Crippen LogP contribution is 2.46. The number of hydrogen-bond donors (Lipinski definition) is 3. The van der Waals surface area contributed by atoms with Gasteiger partial charge in [-0.2, -0.15) is 10.4 Å². The molecule has 0 radical (unpaired) electrons. The molecule has 9 nitrogen and oxygen atoms in total. The summed E-state index contributed by atoms with van der Waals surface area (Å²) in [5, 5.41) is 34.8. The van der Waals surface area contributed by atoms with Crippen LogP contribution in [0.1, 0.15) is 26.5 Å². The lowest BCUT2D eigenvalue weighted by Crippen LogP contribution is -2.52. The Morgan fingerprint density at radius 2 is 2.11 bits per heavy atom. The lowest BCUT2D eigenvalue weighted by Gasteiger charge is -2.41. The van der Waals surface area contributed by atoms with Crippen LogP contribution in [0.25, 0.3) is 5.52 Å². The second-order valence-electron chi connectivity index (χ2n) is 8.64. The van der Waals surface area contributed by atoms with Gasteiger partial charge in [0.25, 0.3) is 0 Å². The van der Waals surface area contributed by atoms with Crippen molar-refractivity contribution < 1.29 is 19.4 Å². The quantitative estimate of drug-likeness (QED) is 0.644. The molecule has 0 saturated carbocycles. The molecule has 0 bridgehead atoms. The molecule has 28 heavy (non-hydrogen) atoms. The van der Waals surface area contributed by atoms with E-state index in [0.29, 0.717) is 11.2 Å². The van der Waals surface area contributed by atoms with Gasteiger partial charge in [0.05, 0.1) is 12.3 Å². The first kappa shape index (κ1) is 20.7. The number of aliphatic hydroxyl groups is 2. The first-order chi connectivity index (χ1) is 13.0. The predicted octanol–water partition coefficient (Wildman–Crippen LogP) is 1.17. The first-order valence-electron chi connectivity index (χ1n) is 9.13. The van der Waals surface area contributed by atoms with Gasteiger partial charge in [-0.15, -0.1) is 0 Å². The van der Waals surface area contributed by atoms with Gasteiger partial charge in [-0.25, -0.2) is 9.50 Å². The van der Waals surface area contributed by atoms with E-state index in [9.17, 15) is 15.5 Å². The normalized spacial score (nSPS) is 28.6. The maximum Gasteiger partial charge on any atom is 0.224 e. The number of aromatic nitrogens is 3. The fourth-order valence-electron chi connectivity index (χ4n) is 3.19. The van der Waals surface area contributed by atoms with Crippen LogP contribution in [-0.2, 0) is 14.8 Å². The third-order valence-electron chi connectivity index (χ3n) is 5.87. The van der Waals surface area contributed by atoms with E-state index in [2.05, 4.69) is 36.9 Å². The summed E-state index contributed by atoms with van der Waals surface area (Å²) in [4.78, 5) is 3.96. The summed E-state index contributed by atoms with van der Waals surface area (Å²) in [6, 6.07) is 5.55. The number of nitrogens with two attached hydrogens (primary N) is 1. The molecule has 4 N–H and O–H groups in total. The van der Waals surface area contributed by atoms with Crippen LogP contribution in [0.2, 0.25) is 18.1 Å². The fraction of sp³-hybridized carbons (Fsp3) is 0.611. The zero-order valence-corrected chi connectivity index (χ0v) is 17.7. The van der Waals surface area contributed by atoms with Crippen molar-refractivity contribution in [2.75, 3.05) is 12.3 Å². The Morgan fingerprint density at radius 3 is 2.68 bits per heavy atom. The highest BCUT2D eigenvalue weighted by atomic mass is 28.4. The Hall–Kier alpha value is -2.03. The lowest BCUT2D eigenvalue weighted by molar-refractivity contribution is -0.0623. The van der Waals surface area contributed by atoms with Crippen molar-refractivity contribution >= 4 is 19.7 Å². The number of ether oxygens (including phenoxy) is 1. The van der Waals surface area contributed by atoms with E-state index in [1.165, 1.54) is 10.8 Å². The molecule has 0 aliphatic carbocycles. The molecule has 3 heterocycles. The Kier molecular flexibility index (Phi) is 5.02. The van der Waals surface area contributed by atoms with E-state index in [1.54, 1.807) is 12.1 Å². The number of aliphatic hydroxyl groups excluding tert-OH is 2. The largest absolute Gasteiger partial charge is 0.407 e. The van der Waals surface area contributed by atoms with Gasteiger partial charge < -0.3 is 25.1 Å². The molecule has 10 heteroatoms. The second kappa shape index (κ2) is 6.79. The molecule has 1 fully saturated rings. The molecule has 2 aromatic rings. The van der Waals surface area contributed by atoms with Crippen LogP contribution in [0, 0.1) is 11.3 Å². The van der Waals surface area contributed by atoms with Crippen LogP contribution in [0.4, 0.5) is 5.82 Å². The number of rotatable bonds is 4. The highest BCUT2D eigenvalue weighted by Gasteiger charge is 2.60. The van der Waals surface area contributed by atoms with Crippen LogP contribution in [0.3, 0.4) is 0 Å². The first-order valence-corrected chi connectivity index (χ1v) is 12.0. The van der Waals surface area contributed by atoms with E-state index in [4.69, 9.17) is 14.9 Å². The zero-order chi connectivity index (χ0) is 20.9. The van der Waals surface area contributed by atoms with Gasteiger partial charge in [-0.05, 0) is 30.3 Å². The monoisotopic (exact) mass is 405 g/mol. The van der Waals surface area contributed by atoms with Crippen molar-refractivity contribution in [2.24, 2.45) is 0 Å². The van der Waals surface area contributed by atoms with Crippen molar-refractivity contribution in [3.8, 4) is 6.07 Å². The average molecular weight is 406 g/mol. The van der Waals surface area contributed by atoms with Gasteiger partial charge in [0.2, 0.25) is 5.60 Å². The summed E-state index contributed by atoms with van der Waals surface area (Å²) in [5.41, 5.74) is 5.15. The summed E-state index contributed by atoms with van der Waals surface area (Å²) in [6.07, 6.45) is -1.84. The fourth-order valence-corrected chi connectivity index (χ4v) is 4.48. The molecule has 0 amide bonds. The summed E-state index contributed by atoms with van der Waals surface area (Å²) in [7, 11) is -2.39. The molecule has 1 aliphatic heterocycles. The number of nitriles is 1. The van der Waals surface area contributed by atoms with Crippen LogP contribution in [0.5, 0.6) is 0 Å². The van der Waals surface area contributed by atoms with Crippen molar-refractivity contribution in [3.63, 3.8) is 0 Å². The molecule has 1 saturated heterocycles. The van der Waals surface area contributed by atoms with Crippen molar-refractivity contribution in [1.82, 2.24) is 14.6 Å². The standard InChI is InChI=1S/C18H27N5O4Si/c1-17(2,3)28(4,5)27-15-14(25)12(8-24)26-18(15,9-19)13-7-6-11-16(20)21-10-22-23(11)13/h6-7,10,12,14-15,24-25H,8H2,1-5H3,(H2,20,21,22)/t12-,14-,15-,18+/m1/s1. The van der Waals surface area contributed by atoms with E-state index < -0.39 is 38.8 Å². The van der Waals surface area contributed by atoms with Crippen LogP contribution in [-0.4, -0.2) is 58.0 Å². The molecule has 3 rings (SSSR count). The zero-order valence-electron chi connectivity index (χ0n) is 16.7. The third-order valence-corrected chi connectivity index (χ3v) is 10.3. The number of anilines is 1. The number of nitrogen functional groups attached to an aromatic ring is 1. The van der Waals surface area contributed by atoms with Crippen LogP contribution >= 0.6 is 0 Å². The van der Waals surface area contributed by atoms with E-state index in [0.717, 1.165) is 0 Å². The van der Waals surface area contributed by atoms with Crippen molar-refractivity contribution in [1.29, 1.82) is 5.26 Å². The van der Waals surface area contributed by atoms with E-state index in [-0.39, 0.29) is 10.9 Å². The van der Waals surface area contributed by atoms with Gasteiger partial charge in [0, 0.05) is 0 Å². The smallest absolute Gasteiger partial charge is 0.224 e. The van der Waals surface area contributed by atoms with E-state index in [1.807, 2.05) is 13.1 Å². The highest BCUT2D eigenvalue weighted by molar-refractivity contribution is 6.74. The Morgan fingerprint density at radius 1 is 1.43 bits per heavy atom. The van der Waals surface area contributed by atoms with Gasteiger partial charge in [-0.1, -0.05) is 20.8 Å². The molecule has 1 aliphatic rings. The molecule has 0 unspecified atom stereocenters. The Labute approximate surface area is 164 Å². The number of nitrogens with zero attached hydrogens (tertiary/aromatic N) is 4. The number of hydrogen-bond acceptors (Lipinski definition) is 8. The van der Waals surface area contributed by atoms with Crippen molar-refractivity contribution in [2.45, 2.75) is 62.8 Å². The summed E-state index contributed by atoms with van der Waals surface area (Å²) < 4.78 is 13.9. The minimum absolute atomic E-state index is 0.154. The van der Waals surface area contributed by atoms with Crippen molar-refractivity contribution in [3.05, 3.63) is 24.2 Å². The molecule has 4 atom stereocenters. The molecular formula is C18H27N5O4Si. The molecular weight excluding hydrogens is 378 g/mol. The van der Waals surface area contributed by atoms with Gasteiger partial charge in [0.1, 0.15) is 36.2 Å². The summed E-state index contributed by atoms with van der Waals surface area (Å²) >= 11 is 0. The average Bonchev–Trinajstić information content (AvgIpc) is 3.16. The maximum atomic E-state index is 10.9. The molecule has 0 aromatic carbocycles. The topological polar surface area (TPSA) is 139 Å². The SMILES string of the molecule is CC(C)(C)[Si](C)(C)O[C@@H]1[C@H](O)[C@@H](CO)O[C@@]1(C#N)c1ccc2c(N)ncnn12. The maximum absolute atomic E-state index is 10.9. The summed E-state index contributed by atoms with van der Waals surface area (Å²) in [5.74, 6) is 0.258. The van der Waals surface area contributed by atoms with E-state index >= 15 is 0 Å². The van der Waals surface area contributed by atoms with Gasteiger partial charge in [0.15, 0.2) is 14.1 Å². The Balaban J connectivity index is 2.18. The predicted molar refractivity (Wildman–Crippen MR) is 105 cm³/mol. The minimum Gasteiger partial charge on any atom is -0.407 e. The van der Waals surface area contributed by atoms with Gasteiger partial charge >= 0.3 is 0 Å². The molecule has 152 valence electrons. The second-order valence-corrected chi connectivity index (χ2v) is 13.4. The van der Waals surface area contributed by atoms with Crippen LogP contribution < -0.4 is 5.73 Å². The Bertz CT molecular complexity index is 919. The molecule has 0 spiro atoms. The van der Waals surface area contributed by atoms with Gasteiger partial charge in [-0.3, -0.25) is 0 Å².